The minimum Gasteiger partial charge on any atom is -0.383 e. The SMILES string of the molecule is COCCNC(=O)C(C)NC(C)c1ncc(C)s1. The molecule has 2 N–H and O–H groups in total. The van der Waals surface area contributed by atoms with Crippen molar-refractivity contribution in [2.24, 2.45) is 0 Å². The average molecular weight is 271 g/mol. The molecule has 0 fully saturated rings. The number of methoxy groups -OCH3 is 1. The average Bonchev–Trinajstić information content (AvgIpc) is 2.76. The lowest BCUT2D eigenvalue weighted by molar-refractivity contribution is -0.123. The molecule has 0 radical (unpaired) electrons. The van der Waals surface area contributed by atoms with E-state index in [1.165, 1.54) is 4.88 Å². The molecule has 6 heteroatoms. The van der Waals surface area contributed by atoms with Crippen molar-refractivity contribution in [3.05, 3.63) is 16.1 Å². The molecule has 0 aliphatic carbocycles. The third kappa shape index (κ3) is 4.72. The van der Waals surface area contributed by atoms with Crippen molar-refractivity contribution in [2.45, 2.75) is 32.9 Å². The van der Waals surface area contributed by atoms with Crippen LogP contribution in [0.2, 0.25) is 0 Å². The Labute approximate surface area is 112 Å². The molecular weight excluding hydrogens is 250 g/mol. The molecule has 0 aliphatic rings. The van der Waals surface area contributed by atoms with Crippen molar-refractivity contribution in [1.82, 2.24) is 15.6 Å². The number of aromatic nitrogens is 1. The molecular formula is C12H21N3O2S. The number of ether oxygens (including phenoxy) is 1. The summed E-state index contributed by atoms with van der Waals surface area (Å²) in [7, 11) is 1.61. The van der Waals surface area contributed by atoms with E-state index in [1.54, 1.807) is 18.4 Å². The summed E-state index contributed by atoms with van der Waals surface area (Å²) in [5.41, 5.74) is 0. The fraction of sp³-hybridized carbons (Fsp3) is 0.667. The first-order valence-corrected chi connectivity index (χ1v) is 6.81. The van der Waals surface area contributed by atoms with Crippen LogP contribution in [0.4, 0.5) is 0 Å². The predicted molar refractivity (Wildman–Crippen MR) is 72.7 cm³/mol. The van der Waals surface area contributed by atoms with E-state index in [1.807, 2.05) is 27.0 Å². The third-order valence-corrected chi connectivity index (χ3v) is 3.60. The van der Waals surface area contributed by atoms with Gasteiger partial charge in [-0.25, -0.2) is 4.98 Å². The Hall–Kier alpha value is -0.980. The number of aryl methyl sites for hydroxylation is 1. The van der Waals surface area contributed by atoms with Crippen LogP contribution in [0.5, 0.6) is 0 Å². The molecule has 0 spiro atoms. The van der Waals surface area contributed by atoms with Crippen LogP contribution in [-0.4, -0.2) is 37.2 Å². The van der Waals surface area contributed by atoms with Crippen LogP contribution in [0.25, 0.3) is 0 Å². The van der Waals surface area contributed by atoms with E-state index in [0.29, 0.717) is 13.2 Å². The second-order valence-corrected chi connectivity index (χ2v) is 5.47. The molecule has 0 aromatic carbocycles. The van der Waals surface area contributed by atoms with Gasteiger partial charge in [0.15, 0.2) is 0 Å². The highest BCUT2D eigenvalue weighted by molar-refractivity contribution is 7.11. The predicted octanol–water partition coefficient (Wildman–Crippen LogP) is 1.25. The van der Waals surface area contributed by atoms with Gasteiger partial charge in [-0.2, -0.15) is 0 Å². The molecule has 0 saturated carbocycles. The van der Waals surface area contributed by atoms with E-state index in [0.717, 1.165) is 5.01 Å². The lowest BCUT2D eigenvalue weighted by Crippen LogP contribution is -2.44. The molecule has 5 nitrogen and oxygen atoms in total. The van der Waals surface area contributed by atoms with Gasteiger partial charge in [-0.1, -0.05) is 0 Å². The van der Waals surface area contributed by atoms with Crippen LogP contribution >= 0.6 is 11.3 Å². The maximum atomic E-state index is 11.7. The quantitative estimate of drug-likeness (QED) is 0.733. The Morgan fingerprint density at radius 2 is 2.28 bits per heavy atom. The van der Waals surface area contributed by atoms with Crippen molar-refractivity contribution < 1.29 is 9.53 Å². The molecule has 1 rings (SSSR count). The Bertz CT molecular complexity index is 381. The van der Waals surface area contributed by atoms with E-state index < -0.39 is 0 Å². The number of rotatable bonds is 7. The highest BCUT2D eigenvalue weighted by Gasteiger charge is 2.17. The van der Waals surface area contributed by atoms with E-state index in [-0.39, 0.29) is 18.0 Å². The van der Waals surface area contributed by atoms with E-state index in [9.17, 15) is 4.79 Å². The molecule has 1 aromatic rings. The molecule has 2 atom stereocenters. The minimum absolute atomic E-state index is 0.0211. The number of nitrogens with zero attached hydrogens (tertiary/aromatic N) is 1. The molecule has 0 aliphatic heterocycles. The Kier molecular flexibility index (Phi) is 6.24. The summed E-state index contributed by atoms with van der Waals surface area (Å²) >= 11 is 1.65. The lowest BCUT2D eigenvalue weighted by Gasteiger charge is -2.18. The number of hydrogen-bond acceptors (Lipinski definition) is 5. The minimum atomic E-state index is -0.249. The van der Waals surface area contributed by atoms with E-state index in [4.69, 9.17) is 4.74 Å². The number of amides is 1. The molecule has 1 aromatic heterocycles. The molecule has 1 heterocycles. The largest absolute Gasteiger partial charge is 0.383 e. The summed E-state index contributed by atoms with van der Waals surface area (Å²) in [5.74, 6) is -0.0211. The maximum Gasteiger partial charge on any atom is 0.236 e. The second kappa shape index (κ2) is 7.45. The zero-order chi connectivity index (χ0) is 13.5. The normalized spacial score (nSPS) is 14.2. The molecule has 102 valence electrons. The number of carbonyl (C=O) groups is 1. The van der Waals surface area contributed by atoms with Gasteiger partial charge < -0.3 is 10.1 Å². The molecule has 2 unspecified atom stereocenters. The standard InChI is InChI=1S/C12H21N3O2S/c1-8-7-14-12(18-8)10(3)15-9(2)11(16)13-5-6-17-4/h7,9-10,15H,5-6H2,1-4H3,(H,13,16). The van der Waals surface area contributed by atoms with Gasteiger partial charge in [0.25, 0.3) is 0 Å². The highest BCUT2D eigenvalue weighted by atomic mass is 32.1. The van der Waals surface area contributed by atoms with Crippen LogP contribution in [0, 0.1) is 6.92 Å². The maximum absolute atomic E-state index is 11.7. The molecule has 0 bridgehead atoms. The van der Waals surface area contributed by atoms with E-state index >= 15 is 0 Å². The van der Waals surface area contributed by atoms with Crippen molar-refractivity contribution in [1.29, 1.82) is 0 Å². The van der Waals surface area contributed by atoms with Gasteiger partial charge in [-0.15, -0.1) is 11.3 Å². The fourth-order valence-corrected chi connectivity index (χ4v) is 2.31. The van der Waals surface area contributed by atoms with Crippen LogP contribution < -0.4 is 10.6 Å². The summed E-state index contributed by atoms with van der Waals surface area (Å²) in [5, 5.41) is 7.04. The first-order chi connectivity index (χ1) is 8.54. The van der Waals surface area contributed by atoms with Gasteiger partial charge in [-0.05, 0) is 20.8 Å². The number of nitrogens with one attached hydrogen (secondary N) is 2. The number of hydrogen-bond donors (Lipinski definition) is 2. The van der Waals surface area contributed by atoms with Gasteiger partial charge >= 0.3 is 0 Å². The Morgan fingerprint density at radius 3 is 2.83 bits per heavy atom. The van der Waals surface area contributed by atoms with Gasteiger partial charge in [0.1, 0.15) is 5.01 Å². The zero-order valence-electron chi connectivity index (χ0n) is 11.3. The van der Waals surface area contributed by atoms with E-state index in [2.05, 4.69) is 15.6 Å². The molecule has 18 heavy (non-hydrogen) atoms. The van der Waals surface area contributed by atoms with Crippen molar-refractivity contribution >= 4 is 17.2 Å². The summed E-state index contributed by atoms with van der Waals surface area (Å²) in [6.45, 7) is 6.94. The molecule has 0 saturated heterocycles. The van der Waals surface area contributed by atoms with Crippen LogP contribution in [0.15, 0.2) is 6.20 Å². The summed E-state index contributed by atoms with van der Waals surface area (Å²) in [4.78, 5) is 17.2. The number of carbonyl (C=O) groups excluding carboxylic acids is 1. The summed E-state index contributed by atoms with van der Waals surface area (Å²) in [6.07, 6.45) is 1.85. The second-order valence-electron chi connectivity index (χ2n) is 4.20. The third-order valence-electron chi connectivity index (χ3n) is 2.51. The Balaban J connectivity index is 2.39. The van der Waals surface area contributed by atoms with Crippen LogP contribution in [0.1, 0.15) is 29.8 Å². The highest BCUT2D eigenvalue weighted by Crippen LogP contribution is 2.19. The van der Waals surface area contributed by atoms with Crippen molar-refractivity contribution in [3.8, 4) is 0 Å². The first-order valence-electron chi connectivity index (χ1n) is 5.99. The summed E-state index contributed by atoms with van der Waals surface area (Å²) in [6, 6.07) is -0.173. The van der Waals surface area contributed by atoms with Crippen molar-refractivity contribution in [3.63, 3.8) is 0 Å². The first kappa shape index (κ1) is 15.1. The topological polar surface area (TPSA) is 63.2 Å². The zero-order valence-corrected chi connectivity index (χ0v) is 12.1. The van der Waals surface area contributed by atoms with Gasteiger partial charge in [0, 0.05) is 24.7 Å². The van der Waals surface area contributed by atoms with Gasteiger partial charge in [0.2, 0.25) is 5.91 Å². The van der Waals surface area contributed by atoms with Crippen molar-refractivity contribution in [2.75, 3.05) is 20.3 Å². The Morgan fingerprint density at radius 1 is 1.56 bits per heavy atom. The monoisotopic (exact) mass is 271 g/mol. The smallest absolute Gasteiger partial charge is 0.236 e. The number of thiazole rings is 1. The van der Waals surface area contributed by atoms with Crippen LogP contribution in [-0.2, 0) is 9.53 Å². The molecule has 1 amide bonds. The van der Waals surface area contributed by atoms with Gasteiger partial charge in [0.05, 0.1) is 18.7 Å². The summed E-state index contributed by atoms with van der Waals surface area (Å²) < 4.78 is 4.88. The fourth-order valence-electron chi connectivity index (χ4n) is 1.52. The van der Waals surface area contributed by atoms with Crippen LogP contribution in [0.3, 0.4) is 0 Å². The van der Waals surface area contributed by atoms with Gasteiger partial charge in [-0.3, -0.25) is 10.1 Å². The lowest BCUT2D eigenvalue weighted by atomic mass is 10.2.